The minimum absolute atomic E-state index is 0.134. The first-order valence-corrected chi connectivity index (χ1v) is 10.3. The van der Waals surface area contributed by atoms with Crippen molar-refractivity contribution >= 4 is 0 Å². The zero-order valence-corrected chi connectivity index (χ0v) is 16.4. The Hall–Kier alpha value is -1.96. The second-order valence-electron chi connectivity index (χ2n) is 8.32. The number of nitrogens with one attached hydrogen (secondary N) is 1. The minimum atomic E-state index is 0.134. The average Bonchev–Trinajstić information content (AvgIpc) is 3.33. The third-order valence-corrected chi connectivity index (χ3v) is 6.42. The van der Waals surface area contributed by atoms with E-state index in [1.165, 1.54) is 12.0 Å². The molecule has 5 rings (SSSR count). The van der Waals surface area contributed by atoms with Gasteiger partial charge in [-0.05, 0) is 49.9 Å². The van der Waals surface area contributed by atoms with Gasteiger partial charge in [0.2, 0.25) is 11.7 Å². The van der Waals surface area contributed by atoms with E-state index in [4.69, 9.17) is 14.0 Å². The van der Waals surface area contributed by atoms with Crippen LogP contribution in [0.3, 0.4) is 0 Å². The molecule has 3 aliphatic heterocycles. The van der Waals surface area contributed by atoms with Gasteiger partial charge in [-0.15, -0.1) is 0 Å². The molecule has 0 saturated carbocycles. The summed E-state index contributed by atoms with van der Waals surface area (Å²) in [6.45, 7) is 7.30. The molecule has 0 bridgehead atoms. The molecule has 28 heavy (non-hydrogen) atoms. The molecule has 1 aromatic heterocycles. The Labute approximate surface area is 165 Å². The van der Waals surface area contributed by atoms with Crippen LogP contribution in [0, 0.1) is 6.92 Å². The van der Waals surface area contributed by atoms with Gasteiger partial charge in [-0.2, -0.15) is 4.98 Å². The summed E-state index contributed by atoms with van der Waals surface area (Å²) in [4.78, 5) is 6.85. The van der Waals surface area contributed by atoms with Crippen molar-refractivity contribution in [2.75, 3.05) is 32.8 Å². The van der Waals surface area contributed by atoms with E-state index >= 15 is 0 Å². The van der Waals surface area contributed by atoms with Gasteiger partial charge in [-0.1, -0.05) is 23.4 Å². The van der Waals surface area contributed by atoms with E-state index in [1.54, 1.807) is 6.92 Å². The number of benzene rings is 1. The van der Waals surface area contributed by atoms with Gasteiger partial charge in [0, 0.05) is 26.1 Å². The van der Waals surface area contributed by atoms with Crippen LogP contribution in [0.2, 0.25) is 0 Å². The zero-order chi connectivity index (χ0) is 19.0. The van der Waals surface area contributed by atoms with Crippen molar-refractivity contribution in [3.8, 4) is 5.75 Å². The first-order valence-electron chi connectivity index (χ1n) is 10.3. The second-order valence-corrected chi connectivity index (χ2v) is 8.32. The molecule has 0 amide bonds. The highest BCUT2D eigenvalue weighted by molar-refractivity contribution is 5.36. The predicted octanol–water partition coefficient (Wildman–Crippen LogP) is 2.27. The quantitative estimate of drug-likeness (QED) is 0.848. The number of aryl methyl sites for hydroxylation is 1. The van der Waals surface area contributed by atoms with Crippen molar-refractivity contribution in [2.45, 2.75) is 50.4 Å². The monoisotopic (exact) mass is 384 g/mol. The number of piperidine rings is 1. The molecule has 1 aromatic carbocycles. The molecule has 3 saturated heterocycles. The van der Waals surface area contributed by atoms with E-state index in [9.17, 15) is 0 Å². The molecular formula is C21H28N4O3. The van der Waals surface area contributed by atoms with E-state index in [2.05, 4.69) is 32.5 Å². The largest absolute Gasteiger partial charge is 0.485 e. The van der Waals surface area contributed by atoms with Crippen LogP contribution in [0.1, 0.15) is 42.5 Å². The topological polar surface area (TPSA) is 72.7 Å². The van der Waals surface area contributed by atoms with Gasteiger partial charge in [0.25, 0.3) is 0 Å². The fourth-order valence-electron chi connectivity index (χ4n) is 4.77. The van der Waals surface area contributed by atoms with Crippen LogP contribution in [0.4, 0.5) is 0 Å². The van der Waals surface area contributed by atoms with Crippen LogP contribution < -0.4 is 10.1 Å². The maximum atomic E-state index is 6.10. The molecule has 150 valence electrons. The summed E-state index contributed by atoms with van der Waals surface area (Å²) in [6, 6.07) is 8.95. The van der Waals surface area contributed by atoms with E-state index in [-0.39, 0.29) is 5.60 Å². The van der Waals surface area contributed by atoms with Crippen molar-refractivity contribution in [3.05, 3.63) is 41.5 Å². The molecular weight excluding hydrogens is 356 g/mol. The highest BCUT2D eigenvalue weighted by Crippen LogP contribution is 2.38. The van der Waals surface area contributed by atoms with E-state index in [1.807, 2.05) is 12.1 Å². The Balaban J connectivity index is 1.19. The number of para-hydroxylation sites is 1. The number of rotatable bonds is 5. The lowest BCUT2D eigenvalue weighted by atomic mass is 9.86. The van der Waals surface area contributed by atoms with Crippen LogP contribution in [0.25, 0.3) is 0 Å². The van der Waals surface area contributed by atoms with Gasteiger partial charge < -0.3 is 19.3 Å². The SMILES string of the molecule is Cc1nc(COc2ccccc2C2CCN([C@@H]3COC4(CNC4)C3)CC2)no1. The molecule has 0 aliphatic carbocycles. The van der Waals surface area contributed by atoms with Gasteiger partial charge in [0.05, 0.1) is 12.2 Å². The molecule has 0 radical (unpaired) electrons. The summed E-state index contributed by atoms with van der Waals surface area (Å²) < 4.78 is 17.2. The van der Waals surface area contributed by atoms with E-state index in [0.717, 1.165) is 51.4 Å². The summed E-state index contributed by atoms with van der Waals surface area (Å²) in [5.74, 6) is 2.62. The van der Waals surface area contributed by atoms with Crippen LogP contribution in [0.15, 0.2) is 28.8 Å². The smallest absolute Gasteiger partial charge is 0.223 e. The van der Waals surface area contributed by atoms with Crippen molar-refractivity contribution in [2.24, 2.45) is 0 Å². The van der Waals surface area contributed by atoms with Crippen molar-refractivity contribution in [1.82, 2.24) is 20.4 Å². The molecule has 1 spiro atoms. The zero-order valence-electron chi connectivity index (χ0n) is 16.4. The molecule has 1 atom stereocenters. The summed E-state index contributed by atoms with van der Waals surface area (Å²) in [5, 5.41) is 7.27. The van der Waals surface area contributed by atoms with E-state index < -0.39 is 0 Å². The standard InChI is InChI=1S/C21H28N4O3/c1-15-23-20(24-28-15)12-26-19-5-3-2-4-18(19)16-6-8-25(9-7-16)17-10-21(27-11-17)13-22-14-21/h2-5,16-17,22H,6-14H2,1H3/t17-/m0/s1. The van der Waals surface area contributed by atoms with Gasteiger partial charge in [-0.3, -0.25) is 4.90 Å². The predicted molar refractivity (Wildman–Crippen MR) is 103 cm³/mol. The Morgan fingerprint density at radius 1 is 1.25 bits per heavy atom. The number of ether oxygens (including phenoxy) is 2. The van der Waals surface area contributed by atoms with Crippen molar-refractivity contribution in [3.63, 3.8) is 0 Å². The van der Waals surface area contributed by atoms with Crippen LogP contribution in [-0.2, 0) is 11.3 Å². The van der Waals surface area contributed by atoms with Gasteiger partial charge in [0.15, 0.2) is 6.61 Å². The van der Waals surface area contributed by atoms with Crippen molar-refractivity contribution in [1.29, 1.82) is 0 Å². The molecule has 3 fully saturated rings. The molecule has 7 heteroatoms. The highest BCUT2D eigenvalue weighted by atomic mass is 16.5. The van der Waals surface area contributed by atoms with Crippen molar-refractivity contribution < 1.29 is 14.0 Å². The maximum Gasteiger partial charge on any atom is 0.223 e. The first-order chi connectivity index (χ1) is 13.7. The van der Waals surface area contributed by atoms with Crippen LogP contribution in [0.5, 0.6) is 5.75 Å². The Bertz CT molecular complexity index is 811. The lowest BCUT2D eigenvalue weighted by Gasteiger charge is -2.40. The van der Waals surface area contributed by atoms with Crippen LogP contribution in [-0.4, -0.2) is 59.5 Å². The first kappa shape index (κ1) is 18.1. The third kappa shape index (κ3) is 3.54. The summed E-state index contributed by atoms with van der Waals surface area (Å²) >= 11 is 0. The van der Waals surface area contributed by atoms with Gasteiger partial charge >= 0.3 is 0 Å². The second kappa shape index (κ2) is 7.46. The molecule has 0 unspecified atom stereocenters. The number of aromatic nitrogens is 2. The van der Waals surface area contributed by atoms with E-state index in [0.29, 0.717) is 30.3 Å². The number of likely N-dealkylation sites (tertiary alicyclic amines) is 1. The summed E-state index contributed by atoms with van der Waals surface area (Å²) in [5.41, 5.74) is 1.43. The average molecular weight is 384 g/mol. The fourth-order valence-corrected chi connectivity index (χ4v) is 4.77. The number of hydrogen-bond donors (Lipinski definition) is 1. The Kier molecular flexibility index (Phi) is 4.82. The lowest BCUT2D eigenvalue weighted by Crippen LogP contribution is -2.59. The Morgan fingerprint density at radius 2 is 2.07 bits per heavy atom. The maximum absolute atomic E-state index is 6.10. The summed E-state index contributed by atoms with van der Waals surface area (Å²) in [7, 11) is 0. The molecule has 7 nitrogen and oxygen atoms in total. The number of nitrogens with zero attached hydrogens (tertiary/aromatic N) is 3. The fraction of sp³-hybridized carbons (Fsp3) is 0.619. The number of hydrogen-bond acceptors (Lipinski definition) is 7. The lowest BCUT2D eigenvalue weighted by molar-refractivity contribution is -0.0367. The minimum Gasteiger partial charge on any atom is -0.485 e. The third-order valence-electron chi connectivity index (χ3n) is 6.42. The molecule has 2 aromatic rings. The Morgan fingerprint density at radius 3 is 2.75 bits per heavy atom. The molecule has 4 heterocycles. The van der Waals surface area contributed by atoms with Gasteiger partial charge in [-0.25, -0.2) is 0 Å². The normalized spacial score (nSPS) is 25.1. The van der Waals surface area contributed by atoms with Crippen LogP contribution >= 0.6 is 0 Å². The highest BCUT2D eigenvalue weighted by Gasteiger charge is 2.47. The summed E-state index contributed by atoms with van der Waals surface area (Å²) in [6.07, 6.45) is 3.49. The van der Waals surface area contributed by atoms with Gasteiger partial charge in [0.1, 0.15) is 5.75 Å². The molecule has 3 aliphatic rings. The molecule has 1 N–H and O–H groups in total.